The van der Waals surface area contributed by atoms with Gasteiger partial charge in [0.2, 0.25) is 5.91 Å². The van der Waals surface area contributed by atoms with E-state index in [0.717, 1.165) is 56.4 Å². The molecule has 1 fully saturated rings. The van der Waals surface area contributed by atoms with E-state index < -0.39 is 0 Å². The van der Waals surface area contributed by atoms with Gasteiger partial charge in [-0.05, 0) is 25.3 Å². The Hall–Kier alpha value is -2.47. The Morgan fingerprint density at radius 1 is 1.07 bits per heavy atom. The van der Waals surface area contributed by atoms with E-state index in [9.17, 15) is 4.79 Å². The van der Waals surface area contributed by atoms with Gasteiger partial charge in [0.15, 0.2) is 0 Å². The van der Waals surface area contributed by atoms with Gasteiger partial charge in [0.1, 0.15) is 11.6 Å². The molecule has 2 heterocycles. The fourth-order valence-corrected chi connectivity index (χ4v) is 3.60. The number of amides is 1. The summed E-state index contributed by atoms with van der Waals surface area (Å²) in [5.41, 5.74) is 2.28. The number of piperazine rings is 1. The van der Waals surface area contributed by atoms with Gasteiger partial charge in [-0.1, -0.05) is 44.2 Å². The number of hydrogen-bond donors (Lipinski definition) is 0. The smallest absolute Gasteiger partial charge is 0.222 e. The molecule has 1 amide bonds. The highest BCUT2D eigenvalue weighted by Gasteiger charge is 2.22. The van der Waals surface area contributed by atoms with Crippen molar-refractivity contribution in [3.8, 4) is 0 Å². The van der Waals surface area contributed by atoms with Crippen molar-refractivity contribution in [3.63, 3.8) is 0 Å². The molecule has 0 N–H and O–H groups in total. The predicted molar refractivity (Wildman–Crippen MR) is 120 cm³/mol. The third kappa shape index (κ3) is 6.52. The lowest BCUT2D eigenvalue weighted by Crippen LogP contribution is -2.49. The number of aryl methyl sites for hydroxylation is 1. The molecule has 0 bridgehead atoms. The quantitative estimate of drug-likeness (QED) is 0.591. The summed E-state index contributed by atoms with van der Waals surface area (Å²) in [4.78, 5) is 26.0. The molecule has 1 aliphatic rings. The average Bonchev–Trinajstić information content (AvgIpc) is 2.76. The third-order valence-electron chi connectivity index (χ3n) is 5.39. The van der Waals surface area contributed by atoms with Crippen molar-refractivity contribution in [1.82, 2.24) is 14.9 Å². The van der Waals surface area contributed by atoms with Gasteiger partial charge in [0.05, 0.1) is 6.61 Å². The molecule has 0 aliphatic carbocycles. The molecule has 2 aromatic rings. The van der Waals surface area contributed by atoms with Gasteiger partial charge in [0, 0.05) is 56.9 Å². The molecular weight excluding hydrogens is 376 g/mol. The third-order valence-corrected chi connectivity index (χ3v) is 5.39. The number of carbonyl (C=O) groups is 1. The van der Waals surface area contributed by atoms with Crippen LogP contribution < -0.4 is 4.90 Å². The van der Waals surface area contributed by atoms with Crippen LogP contribution in [0.5, 0.6) is 0 Å². The summed E-state index contributed by atoms with van der Waals surface area (Å²) in [5.74, 6) is 2.39. The Kier molecular flexibility index (Phi) is 8.20. The van der Waals surface area contributed by atoms with E-state index in [1.807, 2.05) is 36.1 Å². The largest absolute Gasteiger partial charge is 0.381 e. The Balaban J connectivity index is 1.35. The number of nitrogens with zero attached hydrogens (tertiary/aromatic N) is 4. The van der Waals surface area contributed by atoms with Crippen LogP contribution in [0.3, 0.4) is 0 Å². The topological polar surface area (TPSA) is 58.6 Å². The highest BCUT2D eigenvalue weighted by molar-refractivity contribution is 5.76. The number of rotatable bonds is 9. The van der Waals surface area contributed by atoms with E-state index in [0.29, 0.717) is 25.6 Å². The molecular formula is C24H34N4O2. The molecule has 6 nitrogen and oxygen atoms in total. The fourth-order valence-electron chi connectivity index (χ4n) is 3.60. The second-order valence-corrected chi connectivity index (χ2v) is 8.20. The molecule has 6 heteroatoms. The van der Waals surface area contributed by atoms with Crippen molar-refractivity contribution in [1.29, 1.82) is 0 Å². The number of anilines is 1. The van der Waals surface area contributed by atoms with E-state index in [2.05, 4.69) is 35.9 Å². The van der Waals surface area contributed by atoms with Crippen LogP contribution in [0.4, 0.5) is 5.82 Å². The maximum atomic E-state index is 12.5. The van der Waals surface area contributed by atoms with Crippen LogP contribution in [0.15, 0.2) is 36.4 Å². The van der Waals surface area contributed by atoms with Crippen molar-refractivity contribution in [3.05, 3.63) is 53.5 Å². The first kappa shape index (κ1) is 22.2. The lowest BCUT2D eigenvalue weighted by Gasteiger charge is -2.35. The number of aromatic nitrogens is 2. The van der Waals surface area contributed by atoms with Crippen LogP contribution in [-0.4, -0.2) is 60.2 Å². The molecule has 30 heavy (non-hydrogen) atoms. The maximum absolute atomic E-state index is 12.5. The van der Waals surface area contributed by atoms with Gasteiger partial charge in [0.25, 0.3) is 0 Å². The molecule has 0 spiro atoms. The normalized spacial score (nSPS) is 14.4. The number of benzene rings is 1. The van der Waals surface area contributed by atoms with E-state index in [4.69, 9.17) is 9.72 Å². The second-order valence-electron chi connectivity index (χ2n) is 8.20. The molecule has 162 valence electrons. The fraction of sp³-hybridized carbons (Fsp3) is 0.542. The molecule has 1 aromatic heterocycles. The Morgan fingerprint density at radius 2 is 1.80 bits per heavy atom. The zero-order valence-electron chi connectivity index (χ0n) is 18.5. The highest BCUT2D eigenvalue weighted by Crippen LogP contribution is 2.19. The number of carbonyl (C=O) groups excluding carboxylic acids is 1. The van der Waals surface area contributed by atoms with Gasteiger partial charge in [-0.3, -0.25) is 4.79 Å². The van der Waals surface area contributed by atoms with Crippen molar-refractivity contribution < 1.29 is 9.53 Å². The van der Waals surface area contributed by atoms with Crippen molar-refractivity contribution >= 4 is 11.7 Å². The van der Waals surface area contributed by atoms with Crippen LogP contribution in [0, 0.1) is 6.92 Å². The molecule has 0 unspecified atom stereocenters. The first-order valence-electron chi connectivity index (χ1n) is 11.0. The molecule has 1 aliphatic heterocycles. The lowest BCUT2D eigenvalue weighted by molar-refractivity contribution is -0.131. The predicted octanol–water partition coefficient (Wildman–Crippen LogP) is 3.60. The minimum Gasteiger partial charge on any atom is -0.381 e. The average molecular weight is 411 g/mol. The number of hydrogen-bond acceptors (Lipinski definition) is 5. The molecule has 1 saturated heterocycles. The summed E-state index contributed by atoms with van der Waals surface area (Å²) in [6, 6.07) is 12.4. The van der Waals surface area contributed by atoms with Gasteiger partial charge < -0.3 is 14.5 Å². The maximum Gasteiger partial charge on any atom is 0.222 e. The van der Waals surface area contributed by atoms with E-state index in [1.54, 1.807) is 0 Å². The monoisotopic (exact) mass is 410 g/mol. The Morgan fingerprint density at radius 3 is 2.50 bits per heavy atom. The van der Waals surface area contributed by atoms with E-state index >= 15 is 0 Å². The minimum atomic E-state index is 0.225. The summed E-state index contributed by atoms with van der Waals surface area (Å²) < 4.78 is 5.70. The summed E-state index contributed by atoms with van der Waals surface area (Å²) in [6.45, 7) is 10.7. The van der Waals surface area contributed by atoms with Crippen LogP contribution in [0.25, 0.3) is 0 Å². The van der Waals surface area contributed by atoms with Gasteiger partial charge in [-0.25, -0.2) is 9.97 Å². The summed E-state index contributed by atoms with van der Waals surface area (Å²) in [7, 11) is 0. The minimum absolute atomic E-state index is 0.225. The Labute approximate surface area is 180 Å². The zero-order valence-corrected chi connectivity index (χ0v) is 18.5. The highest BCUT2D eigenvalue weighted by atomic mass is 16.5. The van der Waals surface area contributed by atoms with Crippen LogP contribution in [0.2, 0.25) is 0 Å². The van der Waals surface area contributed by atoms with Crippen LogP contribution >= 0.6 is 0 Å². The first-order chi connectivity index (χ1) is 14.5. The molecule has 1 aromatic carbocycles. The van der Waals surface area contributed by atoms with Crippen molar-refractivity contribution in [2.45, 2.75) is 46.0 Å². The van der Waals surface area contributed by atoms with Crippen molar-refractivity contribution in [2.75, 3.05) is 44.3 Å². The lowest BCUT2D eigenvalue weighted by atomic mass is 10.2. The van der Waals surface area contributed by atoms with Gasteiger partial charge in [-0.2, -0.15) is 0 Å². The summed E-state index contributed by atoms with van der Waals surface area (Å²) >= 11 is 0. The van der Waals surface area contributed by atoms with Crippen LogP contribution in [0.1, 0.15) is 49.7 Å². The first-order valence-corrected chi connectivity index (χ1v) is 11.0. The molecule has 0 saturated carbocycles. The summed E-state index contributed by atoms with van der Waals surface area (Å²) in [5, 5.41) is 0. The van der Waals surface area contributed by atoms with E-state index in [1.165, 1.54) is 5.56 Å². The van der Waals surface area contributed by atoms with Crippen LogP contribution in [-0.2, 0) is 16.0 Å². The SMILES string of the molecule is Cc1cc(N2CCN(C(=O)CCCOCCc3ccccc3)CC2)nc(C(C)C)n1. The standard InChI is InChI=1S/C24H34N4O2/c1-19(2)24-25-20(3)18-22(26-24)27-12-14-28(15-13-27)23(29)10-7-16-30-17-11-21-8-5-4-6-9-21/h4-6,8-9,18-19H,7,10-17H2,1-3H3. The summed E-state index contributed by atoms with van der Waals surface area (Å²) in [6.07, 6.45) is 2.24. The zero-order chi connectivity index (χ0) is 21.3. The van der Waals surface area contributed by atoms with Gasteiger partial charge in [-0.15, -0.1) is 0 Å². The van der Waals surface area contributed by atoms with E-state index in [-0.39, 0.29) is 5.91 Å². The molecule has 0 atom stereocenters. The molecule has 0 radical (unpaired) electrons. The second kappa shape index (κ2) is 11.1. The van der Waals surface area contributed by atoms with Crippen molar-refractivity contribution in [2.24, 2.45) is 0 Å². The number of ether oxygens (including phenoxy) is 1. The Bertz CT molecular complexity index is 802. The van der Waals surface area contributed by atoms with Gasteiger partial charge >= 0.3 is 0 Å². The molecule has 3 rings (SSSR count).